The van der Waals surface area contributed by atoms with Crippen LogP contribution in [0, 0.1) is 40.1 Å². The smallest absolute Gasteiger partial charge is 0.387 e. The highest BCUT2D eigenvalue weighted by molar-refractivity contribution is 6.01. The van der Waals surface area contributed by atoms with Crippen LogP contribution >= 0.6 is 0 Å². The van der Waals surface area contributed by atoms with Crippen molar-refractivity contribution in [3.63, 3.8) is 0 Å². The van der Waals surface area contributed by atoms with Gasteiger partial charge >= 0.3 is 18.7 Å². The molecule has 0 aliphatic carbocycles. The molecule has 0 radical (unpaired) electrons. The lowest BCUT2D eigenvalue weighted by Crippen LogP contribution is -2.33. The van der Waals surface area contributed by atoms with Crippen molar-refractivity contribution in [2.24, 2.45) is 0 Å². The minimum atomic E-state index is -3.12. The first-order valence-corrected chi connectivity index (χ1v) is 16.6. The minimum Gasteiger partial charge on any atom is -0.433 e. The number of morpholine rings is 2. The van der Waals surface area contributed by atoms with E-state index in [0.717, 1.165) is 25.2 Å². The molecule has 4 aromatic rings. The van der Waals surface area contributed by atoms with Crippen molar-refractivity contribution in [2.45, 2.75) is 18.8 Å². The van der Waals surface area contributed by atoms with E-state index >= 15 is 0 Å². The number of ether oxygens (including phenoxy) is 3. The number of hydrogen-bond acceptors (Lipinski definition) is 9. The number of nitrogens with one attached hydrogen (secondary N) is 6. The maximum Gasteiger partial charge on any atom is 0.387 e. The molecule has 13 nitrogen and oxygen atoms in total. The van der Waals surface area contributed by atoms with Crippen molar-refractivity contribution < 1.29 is 45.8 Å². The average molecular weight is 765 g/mol. The molecular weight excluding hydrogens is 731 g/mol. The molecule has 286 valence electrons. The molecule has 2 aliphatic heterocycles. The summed E-state index contributed by atoms with van der Waals surface area (Å²) in [6.07, 6.45) is -0.520. The third-order valence-corrected chi connectivity index (χ3v) is 8.00. The summed E-state index contributed by atoms with van der Waals surface area (Å²) >= 11 is 0. The van der Waals surface area contributed by atoms with Gasteiger partial charge in [0.05, 0.1) is 59.7 Å². The fourth-order valence-corrected chi connectivity index (χ4v) is 5.37. The van der Waals surface area contributed by atoms with Crippen molar-refractivity contribution in [2.75, 3.05) is 60.7 Å². The molecule has 0 saturated carbocycles. The van der Waals surface area contributed by atoms with E-state index in [1.165, 1.54) is 48.5 Å². The van der Waals surface area contributed by atoms with E-state index in [-0.39, 0.29) is 51.8 Å². The summed E-state index contributed by atoms with van der Waals surface area (Å²) in [6, 6.07) is 17.8. The monoisotopic (exact) mass is 764 g/mol. The van der Waals surface area contributed by atoms with Gasteiger partial charge in [-0.2, -0.15) is 19.3 Å². The normalized spacial score (nSPS) is 16.4. The van der Waals surface area contributed by atoms with E-state index in [1.54, 1.807) is 18.2 Å². The summed E-state index contributed by atoms with van der Waals surface area (Å²) in [4.78, 5) is 24.2. The molecule has 2 saturated heterocycles. The van der Waals surface area contributed by atoms with Gasteiger partial charge in [0.2, 0.25) is 0 Å². The van der Waals surface area contributed by atoms with Gasteiger partial charge in [-0.05, 0) is 71.8 Å². The Kier molecular flexibility index (Phi) is 13.9. The molecule has 55 heavy (non-hydrogen) atoms. The molecule has 0 unspecified atom stereocenters. The maximum atomic E-state index is 14.4. The summed E-state index contributed by atoms with van der Waals surface area (Å²) < 4.78 is 82.4. The van der Waals surface area contributed by atoms with Gasteiger partial charge in [-0.15, -0.1) is 0 Å². The van der Waals surface area contributed by atoms with Crippen LogP contribution in [0.15, 0.2) is 72.8 Å². The highest BCUT2D eigenvalue weighted by Crippen LogP contribution is 2.29. The van der Waals surface area contributed by atoms with Crippen LogP contribution in [0.25, 0.3) is 0 Å². The maximum absolute atomic E-state index is 14.4. The zero-order chi connectivity index (χ0) is 39.3. The van der Waals surface area contributed by atoms with Gasteiger partial charge in [-0.25, -0.2) is 22.8 Å². The number of nitrogens with zero attached hydrogens (tertiary/aromatic N) is 2. The van der Waals surface area contributed by atoms with Crippen molar-refractivity contribution in [3.05, 3.63) is 113 Å². The Bertz CT molecular complexity index is 2080. The molecule has 6 N–H and O–H groups in total. The highest BCUT2D eigenvalue weighted by atomic mass is 19.3. The molecule has 6 rings (SSSR count). The Morgan fingerprint density at radius 3 is 1.75 bits per heavy atom. The lowest BCUT2D eigenvalue weighted by molar-refractivity contribution is -0.0493. The molecular formula is C37H33F5N8O5. The van der Waals surface area contributed by atoms with Crippen molar-refractivity contribution in [1.82, 2.24) is 10.6 Å². The molecule has 4 aromatic carbocycles. The minimum absolute atomic E-state index is 0.00219. The van der Waals surface area contributed by atoms with E-state index in [0.29, 0.717) is 37.4 Å². The third kappa shape index (κ3) is 11.3. The largest absolute Gasteiger partial charge is 0.433 e. The highest BCUT2D eigenvalue weighted by Gasteiger charge is 2.20. The fraction of sp³-hybridized carbons (Fsp3) is 0.243. The van der Waals surface area contributed by atoms with E-state index in [4.69, 9.17) is 20.0 Å². The van der Waals surface area contributed by atoms with Crippen LogP contribution in [0.5, 0.6) is 5.75 Å². The van der Waals surface area contributed by atoms with Gasteiger partial charge < -0.3 is 46.1 Å². The summed E-state index contributed by atoms with van der Waals surface area (Å²) in [5.41, 5.74) is 1.19. The number of carbonyl (C=O) groups is 2. The van der Waals surface area contributed by atoms with Crippen molar-refractivity contribution in [3.8, 4) is 17.9 Å². The Labute approximate surface area is 311 Å². The molecule has 2 heterocycles. The second-order valence-electron chi connectivity index (χ2n) is 11.8. The van der Waals surface area contributed by atoms with Crippen molar-refractivity contribution >= 4 is 34.8 Å². The molecule has 0 aromatic heterocycles. The first-order valence-electron chi connectivity index (χ1n) is 16.6. The van der Waals surface area contributed by atoms with Crippen LogP contribution in [-0.4, -0.2) is 58.1 Å². The van der Waals surface area contributed by atoms with Crippen LogP contribution in [-0.2, 0) is 9.47 Å². The number of urea groups is 2. The number of halogens is 5. The zero-order valence-corrected chi connectivity index (χ0v) is 28.7. The first-order chi connectivity index (χ1) is 26.5. The molecule has 0 spiro atoms. The summed E-state index contributed by atoms with van der Waals surface area (Å²) in [5, 5.41) is 33.4. The Hall–Kier alpha value is -6.31. The zero-order valence-electron chi connectivity index (χ0n) is 28.7. The van der Waals surface area contributed by atoms with Crippen LogP contribution in [0.1, 0.15) is 34.5 Å². The van der Waals surface area contributed by atoms with Gasteiger partial charge in [0.15, 0.2) is 0 Å². The molecule has 2 fully saturated rings. The second kappa shape index (κ2) is 19.1. The fourth-order valence-electron chi connectivity index (χ4n) is 5.37. The lowest BCUT2D eigenvalue weighted by Gasteiger charge is -2.24. The quantitative estimate of drug-likeness (QED) is 0.106. The number of alkyl halides is 2. The number of anilines is 4. The Balaban J connectivity index is 0.000000212. The summed E-state index contributed by atoms with van der Waals surface area (Å²) in [7, 11) is 0. The number of carbonyl (C=O) groups excluding carboxylic acids is 2. The number of benzene rings is 4. The summed E-state index contributed by atoms with van der Waals surface area (Å²) in [5.74, 6) is -2.28. The van der Waals surface area contributed by atoms with Gasteiger partial charge in [0.1, 0.15) is 29.3 Å². The number of amides is 4. The van der Waals surface area contributed by atoms with E-state index in [1.807, 2.05) is 6.07 Å². The second-order valence-corrected chi connectivity index (χ2v) is 11.8. The molecule has 2 aliphatic rings. The van der Waals surface area contributed by atoms with Gasteiger partial charge in [-0.3, -0.25) is 0 Å². The van der Waals surface area contributed by atoms with E-state index in [9.17, 15) is 31.5 Å². The topological polar surface area (TPSA) is 182 Å². The molecule has 4 amide bonds. The predicted molar refractivity (Wildman–Crippen MR) is 190 cm³/mol. The summed E-state index contributed by atoms with van der Waals surface area (Å²) in [6.45, 7) is 0.579. The number of hydrogen-bond donors (Lipinski definition) is 6. The van der Waals surface area contributed by atoms with Gasteiger partial charge in [0.25, 0.3) is 0 Å². The Morgan fingerprint density at radius 2 is 1.25 bits per heavy atom. The third-order valence-electron chi connectivity index (χ3n) is 8.00. The first kappa shape index (κ1) is 39.9. The van der Waals surface area contributed by atoms with Gasteiger partial charge in [0, 0.05) is 31.9 Å². The van der Waals surface area contributed by atoms with Crippen LogP contribution in [0.3, 0.4) is 0 Å². The molecule has 0 bridgehead atoms. The SMILES string of the molecule is N#Cc1cc(NC(=O)Nc2ccc([C@@H]3CNCCO3)cc2F)ccc1F.N#Cc1ccc(OC(F)F)c(NC(=O)Nc2ccc([C@H]3CNCCO3)cc2F)c1. The van der Waals surface area contributed by atoms with Crippen molar-refractivity contribution in [1.29, 1.82) is 10.5 Å². The van der Waals surface area contributed by atoms with E-state index in [2.05, 4.69) is 36.6 Å². The molecule has 2 atom stereocenters. The van der Waals surface area contributed by atoms with Crippen LogP contribution < -0.4 is 36.6 Å². The van der Waals surface area contributed by atoms with E-state index < -0.39 is 36.1 Å². The predicted octanol–water partition coefficient (Wildman–Crippen LogP) is 6.75. The lowest BCUT2D eigenvalue weighted by atomic mass is 10.1. The van der Waals surface area contributed by atoms with Crippen LogP contribution in [0.2, 0.25) is 0 Å². The van der Waals surface area contributed by atoms with Crippen LogP contribution in [0.4, 0.5) is 54.3 Å². The average Bonchev–Trinajstić information content (AvgIpc) is 3.18. The molecule has 18 heteroatoms. The number of rotatable bonds is 8. The van der Waals surface area contributed by atoms with Gasteiger partial charge in [-0.1, -0.05) is 12.1 Å². The standard InChI is InChI=1S/C19H17F3N4O3.C18H16F2N4O2/c20-13-8-12(17-10-24-5-6-28-17)2-3-14(13)25-19(27)26-15-7-11(9-23)1-4-16(15)29-18(21)22;19-14-3-2-13(7-12(14)9-21)23-18(25)24-16-4-1-11(8-15(16)20)17-10-22-5-6-26-17/h1-4,7-8,17-18,24H,5-6,10H2,(H2,25,26,27);1-4,7-8,17,22H,5-6,10H2,(H2,23,24,25)/t2*17-/m10/s1. The Morgan fingerprint density at radius 1 is 0.691 bits per heavy atom. The number of nitriles is 2.